The molecule has 0 fully saturated rings. The van der Waals surface area contributed by atoms with Crippen LogP contribution >= 0.6 is 11.6 Å². The minimum Gasteiger partial charge on any atom is -0.326 e. The minimum atomic E-state index is -0.0464. The summed E-state index contributed by atoms with van der Waals surface area (Å²) in [6, 6.07) is 25.2. The van der Waals surface area contributed by atoms with Crippen molar-refractivity contribution in [1.82, 2.24) is 0 Å². The second-order valence-electron chi connectivity index (χ2n) is 5.72. The average molecular weight is 348 g/mol. The lowest BCUT2D eigenvalue weighted by Gasteiger charge is -2.06. The van der Waals surface area contributed by atoms with Gasteiger partial charge in [0.15, 0.2) is 0 Å². The van der Waals surface area contributed by atoms with E-state index in [-0.39, 0.29) is 5.91 Å². The van der Waals surface area contributed by atoms with E-state index in [0.29, 0.717) is 11.4 Å². The van der Waals surface area contributed by atoms with Gasteiger partial charge in [0.05, 0.1) is 6.42 Å². The summed E-state index contributed by atoms with van der Waals surface area (Å²) in [5.41, 5.74) is 3.99. The molecule has 0 aromatic heterocycles. The first-order valence-electron chi connectivity index (χ1n) is 8.06. The van der Waals surface area contributed by atoms with Gasteiger partial charge in [0.25, 0.3) is 0 Å². The van der Waals surface area contributed by atoms with Crippen molar-refractivity contribution >= 4 is 35.3 Å². The van der Waals surface area contributed by atoms with E-state index < -0.39 is 0 Å². The molecular formula is C22H18ClNO. The Labute approximate surface area is 152 Å². The largest absolute Gasteiger partial charge is 0.326 e. The Hall–Kier alpha value is -2.84. The third-order valence-electron chi connectivity index (χ3n) is 3.74. The van der Waals surface area contributed by atoms with E-state index in [9.17, 15) is 4.79 Å². The smallest absolute Gasteiger partial charge is 0.228 e. The van der Waals surface area contributed by atoms with Crippen molar-refractivity contribution < 1.29 is 4.79 Å². The zero-order valence-electron chi connectivity index (χ0n) is 13.7. The normalized spacial score (nSPS) is 10.8. The van der Waals surface area contributed by atoms with Crippen molar-refractivity contribution in [2.45, 2.75) is 6.42 Å². The first-order chi connectivity index (χ1) is 12.2. The standard InChI is InChI=1S/C22H18ClNO/c23-20-12-14-21(15-13-20)24-22(25)16-19-10-8-18(9-11-19)7-6-17-4-2-1-3-5-17/h1-15H,16H2,(H,24,25)/b7-6+. The summed E-state index contributed by atoms with van der Waals surface area (Å²) < 4.78 is 0. The molecule has 0 aliphatic rings. The Balaban J connectivity index is 1.57. The van der Waals surface area contributed by atoms with Crippen LogP contribution in [0.25, 0.3) is 12.2 Å². The Morgan fingerprint density at radius 3 is 2.04 bits per heavy atom. The summed E-state index contributed by atoms with van der Waals surface area (Å²) in [6.07, 6.45) is 4.47. The summed E-state index contributed by atoms with van der Waals surface area (Å²) in [4.78, 5) is 12.1. The molecule has 0 saturated carbocycles. The highest BCUT2D eigenvalue weighted by atomic mass is 35.5. The topological polar surface area (TPSA) is 29.1 Å². The van der Waals surface area contributed by atoms with Crippen LogP contribution < -0.4 is 5.32 Å². The van der Waals surface area contributed by atoms with Crippen LogP contribution in [0.4, 0.5) is 5.69 Å². The zero-order chi connectivity index (χ0) is 17.5. The number of rotatable bonds is 5. The molecule has 1 amide bonds. The maximum Gasteiger partial charge on any atom is 0.228 e. The van der Waals surface area contributed by atoms with Gasteiger partial charge in [0.1, 0.15) is 0 Å². The highest BCUT2D eigenvalue weighted by Gasteiger charge is 2.04. The number of nitrogens with one attached hydrogen (secondary N) is 1. The van der Waals surface area contributed by atoms with Crippen LogP contribution in [-0.2, 0) is 11.2 Å². The SMILES string of the molecule is O=C(Cc1ccc(/C=C/c2ccccc2)cc1)Nc1ccc(Cl)cc1. The van der Waals surface area contributed by atoms with Crippen LogP contribution in [0, 0.1) is 0 Å². The maximum absolute atomic E-state index is 12.1. The average Bonchev–Trinajstić information content (AvgIpc) is 2.64. The van der Waals surface area contributed by atoms with Gasteiger partial charge in [0, 0.05) is 10.7 Å². The summed E-state index contributed by atoms with van der Waals surface area (Å²) >= 11 is 5.84. The molecule has 1 N–H and O–H groups in total. The van der Waals surface area contributed by atoms with Gasteiger partial charge in [-0.15, -0.1) is 0 Å². The predicted molar refractivity (Wildman–Crippen MR) is 106 cm³/mol. The number of carbonyl (C=O) groups is 1. The van der Waals surface area contributed by atoms with E-state index in [1.807, 2.05) is 42.5 Å². The molecule has 0 atom stereocenters. The fourth-order valence-corrected chi connectivity index (χ4v) is 2.55. The molecule has 3 aromatic carbocycles. The fraction of sp³-hybridized carbons (Fsp3) is 0.0455. The third-order valence-corrected chi connectivity index (χ3v) is 3.99. The number of hydrogen-bond acceptors (Lipinski definition) is 1. The van der Waals surface area contributed by atoms with Crippen LogP contribution in [-0.4, -0.2) is 5.91 Å². The molecule has 2 nitrogen and oxygen atoms in total. The van der Waals surface area contributed by atoms with Crippen molar-refractivity contribution in [3.05, 3.63) is 101 Å². The number of benzene rings is 3. The van der Waals surface area contributed by atoms with E-state index in [1.165, 1.54) is 0 Å². The minimum absolute atomic E-state index is 0.0464. The first kappa shape index (κ1) is 17.0. The third kappa shape index (κ3) is 5.33. The quantitative estimate of drug-likeness (QED) is 0.590. The molecule has 0 unspecified atom stereocenters. The van der Waals surface area contributed by atoms with E-state index in [4.69, 9.17) is 11.6 Å². The molecule has 3 aromatic rings. The van der Waals surface area contributed by atoms with Gasteiger partial charge in [-0.3, -0.25) is 4.79 Å². The number of anilines is 1. The number of amides is 1. The molecule has 0 aliphatic carbocycles. The first-order valence-corrected chi connectivity index (χ1v) is 8.44. The van der Waals surface area contributed by atoms with Gasteiger partial charge in [-0.1, -0.05) is 78.4 Å². The predicted octanol–water partition coefficient (Wildman–Crippen LogP) is 5.69. The number of hydrogen-bond donors (Lipinski definition) is 1. The van der Waals surface area contributed by atoms with E-state index in [1.54, 1.807) is 24.3 Å². The van der Waals surface area contributed by atoms with Crippen molar-refractivity contribution in [2.75, 3.05) is 5.32 Å². The van der Waals surface area contributed by atoms with Gasteiger partial charge in [-0.2, -0.15) is 0 Å². The van der Waals surface area contributed by atoms with Gasteiger partial charge in [-0.05, 0) is 41.0 Å². The second-order valence-corrected chi connectivity index (χ2v) is 6.15. The Kier molecular flexibility index (Phi) is 5.65. The van der Waals surface area contributed by atoms with Crippen molar-refractivity contribution in [2.24, 2.45) is 0 Å². The molecule has 0 saturated heterocycles. The molecule has 0 radical (unpaired) electrons. The van der Waals surface area contributed by atoms with E-state index >= 15 is 0 Å². The van der Waals surface area contributed by atoms with Crippen LogP contribution in [0.2, 0.25) is 5.02 Å². The van der Waals surface area contributed by atoms with Crippen LogP contribution in [0.15, 0.2) is 78.9 Å². The van der Waals surface area contributed by atoms with Crippen molar-refractivity contribution in [1.29, 1.82) is 0 Å². The molecule has 25 heavy (non-hydrogen) atoms. The molecular weight excluding hydrogens is 330 g/mol. The summed E-state index contributed by atoms with van der Waals surface area (Å²) in [6.45, 7) is 0. The molecule has 3 heteroatoms. The highest BCUT2D eigenvalue weighted by molar-refractivity contribution is 6.30. The summed E-state index contributed by atoms with van der Waals surface area (Å²) in [5.74, 6) is -0.0464. The maximum atomic E-state index is 12.1. The lowest BCUT2D eigenvalue weighted by atomic mass is 10.1. The molecule has 3 rings (SSSR count). The van der Waals surface area contributed by atoms with Gasteiger partial charge in [0.2, 0.25) is 5.91 Å². The van der Waals surface area contributed by atoms with Gasteiger partial charge in [-0.25, -0.2) is 0 Å². The van der Waals surface area contributed by atoms with E-state index in [0.717, 1.165) is 22.4 Å². The zero-order valence-corrected chi connectivity index (χ0v) is 14.4. The molecule has 0 heterocycles. The summed E-state index contributed by atoms with van der Waals surface area (Å²) in [7, 11) is 0. The fourth-order valence-electron chi connectivity index (χ4n) is 2.43. The molecule has 0 bridgehead atoms. The number of halogens is 1. The Morgan fingerprint density at radius 2 is 1.40 bits per heavy atom. The Morgan fingerprint density at radius 1 is 0.800 bits per heavy atom. The van der Waals surface area contributed by atoms with Crippen molar-refractivity contribution in [3.63, 3.8) is 0 Å². The molecule has 124 valence electrons. The van der Waals surface area contributed by atoms with Crippen LogP contribution in [0.5, 0.6) is 0 Å². The van der Waals surface area contributed by atoms with Gasteiger partial charge < -0.3 is 5.32 Å². The molecule has 0 aliphatic heterocycles. The molecule has 0 spiro atoms. The Bertz CT molecular complexity index is 853. The lowest BCUT2D eigenvalue weighted by molar-refractivity contribution is -0.115. The van der Waals surface area contributed by atoms with Crippen LogP contribution in [0.3, 0.4) is 0 Å². The second kappa shape index (κ2) is 8.32. The monoisotopic (exact) mass is 347 g/mol. The van der Waals surface area contributed by atoms with E-state index in [2.05, 4.69) is 29.6 Å². The van der Waals surface area contributed by atoms with Crippen LogP contribution in [0.1, 0.15) is 16.7 Å². The lowest BCUT2D eigenvalue weighted by Crippen LogP contribution is -2.14. The summed E-state index contributed by atoms with van der Waals surface area (Å²) in [5, 5.41) is 3.52. The highest BCUT2D eigenvalue weighted by Crippen LogP contribution is 2.14. The van der Waals surface area contributed by atoms with Crippen molar-refractivity contribution in [3.8, 4) is 0 Å². The number of carbonyl (C=O) groups excluding carboxylic acids is 1. The van der Waals surface area contributed by atoms with Gasteiger partial charge >= 0.3 is 0 Å².